The Hall–Kier alpha value is -1.24. The number of hydrogen-bond donors (Lipinski definition) is 0. The molecular formula is C11H10O. The highest BCUT2D eigenvalue weighted by molar-refractivity contribution is 5.82. The van der Waals surface area contributed by atoms with E-state index in [1.165, 1.54) is 35.8 Å². The second-order valence-corrected chi connectivity index (χ2v) is 3.40. The van der Waals surface area contributed by atoms with E-state index in [9.17, 15) is 0 Å². The third kappa shape index (κ3) is 0.685. The smallest absolute Gasteiger partial charge is 0.137 e. The molecule has 2 aromatic rings. The van der Waals surface area contributed by atoms with Crippen LogP contribution in [0.1, 0.15) is 17.5 Å². The summed E-state index contributed by atoms with van der Waals surface area (Å²) in [7, 11) is 0. The Bertz CT molecular complexity index is 425. The zero-order chi connectivity index (χ0) is 7.97. The van der Waals surface area contributed by atoms with Gasteiger partial charge in [-0.15, -0.1) is 0 Å². The van der Waals surface area contributed by atoms with Crippen molar-refractivity contribution in [1.82, 2.24) is 0 Å². The summed E-state index contributed by atoms with van der Waals surface area (Å²) in [5, 5.41) is 1.25. The molecule has 1 aliphatic rings. The van der Waals surface area contributed by atoms with E-state index in [0.29, 0.717) is 0 Å². The Balaban J connectivity index is 2.46. The number of hydrogen-bond acceptors (Lipinski definition) is 1. The van der Waals surface area contributed by atoms with Gasteiger partial charge in [-0.25, -0.2) is 0 Å². The van der Waals surface area contributed by atoms with Gasteiger partial charge in [-0.05, 0) is 36.5 Å². The van der Waals surface area contributed by atoms with Crippen molar-refractivity contribution >= 4 is 11.0 Å². The first-order valence-corrected chi connectivity index (χ1v) is 4.43. The largest absolute Gasteiger partial charge is 0.464 e. The first-order chi connectivity index (χ1) is 5.95. The fourth-order valence-electron chi connectivity index (χ4n) is 2.10. The Labute approximate surface area is 71.0 Å². The van der Waals surface area contributed by atoms with Crippen LogP contribution in [0.4, 0.5) is 0 Å². The minimum absolute atomic E-state index is 1.12. The van der Waals surface area contributed by atoms with Crippen LogP contribution in [-0.2, 0) is 12.8 Å². The maximum Gasteiger partial charge on any atom is 0.137 e. The number of furan rings is 1. The molecule has 1 heterocycles. The van der Waals surface area contributed by atoms with E-state index >= 15 is 0 Å². The Kier molecular flexibility index (Phi) is 1.12. The molecule has 0 spiro atoms. The van der Waals surface area contributed by atoms with Crippen LogP contribution < -0.4 is 0 Å². The van der Waals surface area contributed by atoms with Crippen molar-refractivity contribution in [2.24, 2.45) is 0 Å². The minimum atomic E-state index is 1.12. The van der Waals surface area contributed by atoms with Gasteiger partial charge in [0.2, 0.25) is 0 Å². The van der Waals surface area contributed by atoms with Crippen molar-refractivity contribution in [3.8, 4) is 0 Å². The predicted octanol–water partition coefficient (Wildman–Crippen LogP) is 2.92. The molecular weight excluding hydrogens is 148 g/mol. The molecule has 0 unspecified atom stereocenters. The van der Waals surface area contributed by atoms with Crippen molar-refractivity contribution in [2.75, 3.05) is 0 Å². The molecule has 60 valence electrons. The average molecular weight is 158 g/mol. The van der Waals surface area contributed by atoms with Gasteiger partial charge < -0.3 is 4.42 Å². The normalized spacial score (nSPS) is 15.3. The summed E-state index contributed by atoms with van der Waals surface area (Å²) in [6, 6.07) is 6.43. The van der Waals surface area contributed by atoms with Crippen LogP contribution in [0.25, 0.3) is 11.0 Å². The number of aryl methyl sites for hydroxylation is 2. The molecule has 1 nitrogen and oxygen atoms in total. The predicted molar refractivity (Wildman–Crippen MR) is 48.2 cm³/mol. The average Bonchev–Trinajstić information content (AvgIpc) is 2.71. The third-order valence-corrected chi connectivity index (χ3v) is 2.69. The van der Waals surface area contributed by atoms with Crippen molar-refractivity contribution in [2.45, 2.75) is 19.3 Å². The van der Waals surface area contributed by atoms with Crippen LogP contribution in [0.3, 0.4) is 0 Å². The molecule has 0 fully saturated rings. The lowest BCUT2D eigenvalue weighted by Crippen LogP contribution is -1.80. The van der Waals surface area contributed by atoms with Crippen molar-refractivity contribution < 1.29 is 4.42 Å². The zero-order valence-electron chi connectivity index (χ0n) is 6.84. The minimum Gasteiger partial charge on any atom is -0.464 e. The van der Waals surface area contributed by atoms with Crippen LogP contribution in [0.15, 0.2) is 28.9 Å². The molecule has 1 heteroatoms. The molecule has 1 aromatic heterocycles. The summed E-state index contributed by atoms with van der Waals surface area (Å²) in [6.45, 7) is 0. The summed E-state index contributed by atoms with van der Waals surface area (Å²) in [6.07, 6.45) is 5.49. The standard InChI is InChI=1S/C11H10O/c1-2-8-4-5-9-6-7-12-11(9)10(8)3-1/h4-7H,1-3H2. The molecule has 0 aliphatic heterocycles. The maximum atomic E-state index is 5.46. The number of rotatable bonds is 0. The summed E-state index contributed by atoms with van der Waals surface area (Å²) < 4.78 is 5.46. The fraction of sp³-hybridized carbons (Fsp3) is 0.273. The van der Waals surface area contributed by atoms with Crippen LogP contribution in [0.5, 0.6) is 0 Å². The molecule has 0 saturated carbocycles. The molecule has 0 bridgehead atoms. The van der Waals surface area contributed by atoms with Gasteiger partial charge in [0, 0.05) is 5.39 Å². The molecule has 0 N–H and O–H groups in total. The molecule has 0 amide bonds. The topological polar surface area (TPSA) is 13.1 Å². The number of fused-ring (bicyclic) bond motifs is 3. The molecule has 0 atom stereocenters. The second-order valence-electron chi connectivity index (χ2n) is 3.40. The highest BCUT2D eigenvalue weighted by atomic mass is 16.3. The van der Waals surface area contributed by atoms with Crippen LogP contribution >= 0.6 is 0 Å². The van der Waals surface area contributed by atoms with Gasteiger partial charge in [0.15, 0.2) is 0 Å². The Morgan fingerprint density at radius 1 is 1.08 bits per heavy atom. The van der Waals surface area contributed by atoms with Gasteiger partial charge in [-0.2, -0.15) is 0 Å². The first kappa shape index (κ1) is 6.30. The third-order valence-electron chi connectivity index (χ3n) is 2.69. The lowest BCUT2D eigenvalue weighted by atomic mass is 10.1. The Morgan fingerprint density at radius 3 is 3.08 bits per heavy atom. The van der Waals surface area contributed by atoms with Gasteiger partial charge in [-0.3, -0.25) is 0 Å². The SMILES string of the molecule is c1cc2ccc3c(c2o1)CCC3. The van der Waals surface area contributed by atoms with Crippen LogP contribution in [0.2, 0.25) is 0 Å². The first-order valence-electron chi connectivity index (χ1n) is 4.43. The molecule has 0 saturated heterocycles. The second kappa shape index (κ2) is 2.13. The molecule has 0 radical (unpaired) electrons. The van der Waals surface area contributed by atoms with E-state index in [2.05, 4.69) is 12.1 Å². The monoisotopic (exact) mass is 158 g/mol. The number of benzene rings is 1. The van der Waals surface area contributed by atoms with Crippen molar-refractivity contribution in [3.05, 3.63) is 35.6 Å². The quantitative estimate of drug-likeness (QED) is 0.574. The van der Waals surface area contributed by atoms with Gasteiger partial charge in [0.05, 0.1) is 6.26 Å². The van der Waals surface area contributed by atoms with E-state index in [1.54, 1.807) is 6.26 Å². The lowest BCUT2D eigenvalue weighted by molar-refractivity contribution is 0.611. The van der Waals surface area contributed by atoms with Gasteiger partial charge in [0.25, 0.3) is 0 Å². The van der Waals surface area contributed by atoms with Crippen LogP contribution in [0, 0.1) is 0 Å². The van der Waals surface area contributed by atoms with Gasteiger partial charge >= 0.3 is 0 Å². The lowest BCUT2D eigenvalue weighted by Gasteiger charge is -1.97. The van der Waals surface area contributed by atoms with Crippen molar-refractivity contribution in [3.63, 3.8) is 0 Å². The maximum absolute atomic E-state index is 5.46. The van der Waals surface area contributed by atoms with Crippen LogP contribution in [-0.4, -0.2) is 0 Å². The van der Waals surface area contributed by atoms with Crippen molar-refractivity contribution in [1.29, 1.82) is 0 Å². The van der Waals surface area contributed by atoms with Gasteiger partial charge in [-0.1, -0.05) is 12.1 Å². The molecule has 1 aliphatic carbocycles. The summed E-state index contributed by atoms with van der Waals surface area (Å²) >= 11 is 0. The summed E-state index contributed by atoms with van der Waals surface area (Å²) in [5.74, 6) is 0. The highest BCUT2D eigenvalue weighted by Gasteiger charge is 2.14. The Morgan fingerprint density at radius 2 is 2.08 bits per heavy atom. The van der Waals surface area contributed by atoms with E-state index in [-0.39, 0.29) is 0 Å². The van der Waals surface area contributed by atoms with E-state index in [4.69, 9.17) is 4.42 Å². The molecule has 12 heavy (non-hydrogen) atoms. The summed E-state index contributed by atoms with van der Waals surface area (Å²) in [4.78, 5) is 0. The fourth-order valence-corrected chi connectivity index (χ4v) is 2.10. The molecule has 1 aromatic carbocycles. The van der Waals surface area contributed by atoms with E-state index < -0.39 is 0 Å². The zero-order valence-corrected chi connectivity index (χ0v) is 6.84. The molecule has 3 rings (SSSR count). The highest BCUT2D eigenvalue weighted by Crippen LogP contribution is 2.30. The van der Waals surface area contributed by atoms with E-state index in [1.807, 2.05) is 6.07 Å². The van der Waals surface area contributed by atoms with Gasteiger partial charge in [0.1, 0.15) is 5.58 Å². The summed E-state index contributed by atoms with van der Waals surface area (Å²) in [5.41, 5.74) is 4.04. The van der Waals surface area contributed by atoms with E-state index in [0.717, 1.165) is 5.58 Å².